The van der Waals surface area contributed by atoms with Gasteiger partial charge in [-0.1, -0.05) is 45.8 Å². The summed E-state index contributed by atoms with van der Waals surface area (Å²) in [4.78, 5) is 0. The first-order valence-corrected chi connectivity index (χ1v) is 6.32. The van der Waals surface area contributed by atoms with Crippen LogP contribution in [-0.2, 0) is 0 Å². The molecule has 1 aliphatic rings. The topological polar surface area (TPSA) is 0 Å². The minimum absolute atomic E-state index is 0.278. The van der Waals surface area contributed by atoms with Gasteiger partial charge in [-0.05, 0) is 30.6 Å². The lowest BCUT2D eigenvalue weighted by Crippen LogP contribution is -2.19. The maximum absolute atomic E-state index is 6.22. The van der Waals surface area contributed by atoms with E-state index in [1.54, 1.807) is 5.57 Å². The third kappa shape index (κ3) is 3.02. The van der Waals surface area contributed by atoms with Gasteiger partial charge >= 0.3 is 0 Å². The highest BCUT2D eigenvalue weighted by molar-refractivity contribution is 6.21. The largest absolute Gasteiger partial charge is 0.118 e. The zero-order chi connectivity index (χ0) is 10.7. The molecule has 0 radical (unpaired) electrons. The third-order valence-corrected chi connectivity index (χ3v) is 3.99. The van der Waals surface area contributed by atoms with Crippen molar-refractivity contribution in [2.75, 3.05) is 0 Å². The summed E-state index contributed by atoms with van der Waals surface area (Å²) < 4.78 is 0. The quantitative estimate of drug-likeness (QED) is 0.475. The highest BCUT2D eigenvalue weighted by Gasteiger charge is 2.23. The molecule has 4 atom stereocenters. The van der Waals surface area contributed by atoms with Crippen LogP contribution in [0.5, 0.6) is 0 Å². The Balaban J connectivity index is 2.66. The Bertz CT molecular complexity index is 207. The second-order valence-electron chi connectivity index (χ2n) is 4.98. The van der Waals surface area contributed by atoms with Crippen molar-refractivity contribution < 1.29 is 0 Å². The predicted molar refractivity (Wildman–Crippen MR) is 64.7 cm³/mol. The van der Waals surface area contributed by atoms with E-state index in [1.807, 2.05) is 0 Å². The van der Waals surface area contributed by atoms with Crippen LogP contribution >= 0.6 is 11.6 Å². The molecule has 4 unspecified atom stereocenters. The van der Waals surface area contributed by atoms with Gasteiger partial charge in [-0.25, -0.2) is 0 Å². The highest BCUT2D eigenvalue weighted by Crippen LogP contribution is 2.34. The van der Waals surface area contributed by atoms with Crippen LogP contribution in [0.4, 0.5) is 0 Å². The second kappa shape index (κ2) is 5.21. The van der Waals surface area contributed by atoms with E-state index in [0.29, 0.717) is 5.92 Å². The summed E-state index contributed by atoms with van der Waals surface area (Å²) in [6.45, 7) is 9.27. The summed E-state index contributed by atoms with van der Waals surface area (Å²) >= 11 is 6.22. The molecule has 0 bridgehead atoms. The third-order valence-electron chi connectivity index (χ3n) is 3.69. The minimum atomic E-state index is 0.278. The molecule has 0 heterocycles. The average molecular weight is 215 g/mol. The standard InChI is InChI=1S/C13H23Cl/c1-5-10(3)11(4)12-6-9(2)7-13(14)8-12/h8-11,13H,5-7H2,1-4H3. The molecule has 1 rings (SSSR count). The van der Waals surface area contributed by atoms with Gasteiger partial charge in [-0.3, -0.25) is 0 Å². The van der Waals surface area contributed by atoms with Gasteiger partial charge in [-0.2, -0.15) is 0 Å². The molecule has 0 aromatic carbocycles. The molecule has 0 aromatic rings. The summed E-state index contributed by atoms with van der Waals surface area (Å²) in [6, 6.07) is 0. The van der Waals surface area contributed by atoms with Gasteiger partial charge in [0.15, 0.2) is 0 Å². The van der Waals surface area contributed by atoms with Crippen LogP contribution in [0.3, 0.4) is 0 Å². The van der Waals surface area contributed by atoms with Crippen molar-refractivity contribution in [3.8, 4) is 0 Å². The molecule has 0 aromatic heterocycles. The van der Waals surface area contributed by atoms with E-state index < -0.39 is 0 Å². The molecule has 82 valence electrons. The Morgan fingerprint density at radius 2 is 2.14 bits per heavy atom. The Labute approximate surface area is 93.7 Å². The zero-order valence-electron chi connectivity index (χ0n) is 9.89. The molecular formula is C13H23Cl. The highest BCUT2D eigenvalue weighted by atomic mass is 35.5. The van der Waals surface area contributed by atoms with E-state index in [-0.39, 0.29) is 5.38 Å². The lowest BCUT2D eigenvalue weighted by atomic mass is 9.78. The minimum Gasteiger partial charge on any atom is -0.118 e. The van der Waals surface area contributed by atoms with Gasteiger partial charge in [0.05, 0.1) is 5.38 Å². The first-order valence-electron chi connectivity index (χ1n) is 5.89. The molecule has 0 N–H and O–H groups in total. The predicted octanol–water partition coefficient (Wildman–Crippen LogP) is 4.63. The molecule has 0 aliphatic heterocycles. The summed E-state index contributed by atoms with van der Waals surface area (Å²) in [5.74, 6) is 2.27. The van der Waals surface area contributed by atoms with Crippen molar-refractivity contribution in [3.05, 3.63) is 11.6 Å². The van der Waals surface area contributed by atoms with Crippen molar-refractivity contribution in [3.63, 3.8) is 0 Å². The van der Waals surface area contributed by atoms with Gasteiger partial charge < -0.3 is 0 Å². The van der Waals surface area contributed by atoms with Crippen LogP contribution in [0.25, 0.3) is 0 Å². The van der Waals surface area contributed by atoms with E-state index in [0.717, 1.165) is 18.3 Å². The summed E-state index contributed by atoms with van der Waals surface area (Å²) in [5.41, 5.74) is 1.60. The first-order chi connectivity index (χ1) is 6.54. The van der Waals surface area contributed by atoms with E-state index in [4.69, 9.17) is 11.6 Å². The van der Waals surface area contributed by atoms with Crippen molar-refractivity contribution >= 4 is 11.6 Å². The van der Waals surface area contributed by atoms with E-state index in [9.17, 15) is 0 Å². The van der Waals surface area contributed by atoms with E-state index >= 15 is 0 Å². The van der Waals surface area contributed by atoms with Crippen LogP contribution in [0.15, 0.2) is 11.6 Å². The maximum atomic E-state index is 6.22. The molecule has 1 aliphatic carbocycles. The Morgan fingerprint density at radius 1 is 1.50 bits per heavy atom. The fraction of sp³-hybridized carbons (Fsp3) is 0.846. The van der Waals surface area contributed by atoms with Crippen molar-refractivity contribution in [2.24, 2.45) is 17.8 Å². The number of hydrogen-bond donors (Lipinski definition) is 0. The SMILES string of the molecule is CCC(C)C(C)C1=CC(Cl)CC(C)C1. The van der Waals surface area contributed by atoms with Crippen LogP contribution in [0.2, 0.25) is 0 Å². The lowest BCUT2D eigenvalue weighted by Gasteiger charge is -2.29. The van der Waals surface area contributed by atoms with Gasteiger partial charge in [0.1, 0.15) is 0 Å². The second-order valence-corrected chi connectivity index (χ2v) is 5.54. The van der Waals surface area contributed by atoms with Crippen LogP contribution in [-0.4, -0.2) is 5.38 Å². The number of halogens is 1. The molecule has 0 saturated carbocycles. The fourth-order valence-corrected chi connectivity index (χ4v) is 2.76. The van der Waals surface area contributed by atoms with Crippen molar-refractivity contribution in [2.45, 2.75) is 52.3 Å². The molecule has 14 heavy (non-hydrogen) atoms. The monoisotopic (exact) mass is 214 g/mol. The summed E-state index contributed by atoms with van der Waals surface area (Å²) in [6.07, 6.45) is 5.98. The maximum Gasteiger partial charge on any atom is 0.0521 e. The van der Waals surface area contributed by atoms with Gasteiger partial charge in [0.25, 0.3) is 0 Å². The Hall–Kier alpha value is 0.0300. The van der Waals surface area contributed by atoms with E-state index in [2.05, 4.69) is 33.8 Å². The Morgan fingerprint density at radius 3 is 2.64 bits per heavy atom. The summed E-state index contributed by atoms with van der Waals surface area (Å²) in [7, 11) is 0. The van der Waals surface area contributed by atoms with Gasteiger partial charge in [0, 0.05) is 0 Å². The molecular weight excluding hydrogens is 192 g/mol. The van der Waals surface area contributed by atoms with Crippen LogP contribution in [0, 0.1) is 17.8 Å². The van der Waals surface area contributed by atoms with Crippen molar-refractivity contribution in [1.29, 1.82) is 0 Å². The zero-order valence-corrected chi connectivity index (χ0v) is 10.6. The van der Waals surface area contributed by atoms with Gasteiger partial charge in [0.2, 0.25) is 0 Å². The number of hydrogen-bond acceptors (Lipinski definition) is 0. The molecule has 1 heteroatoms. The number of alkyl halides is 1. The fourth-order valence-electron chi connectivity index (χ4n) is 2.30. The molecule has 0 saturated heterocycles. The smallest absolute Gasteiger partial charge is 0.0521 e. The molecule has 0 amide bonds. The molecule has 0 fully saturated rings. The lowest BCUT2D eigenvalue weighted by molar-refractivity contribution is 0.384. The number of allylic oxidation sites excluding steroid dienone is 2. The molecule has 0 spiro atoms. The normalized spacial score (nSPS) is 32.2. The average Bonchev–Trinajstić information content (AvgIpc) is 2.14. The van der Waals surface area contributed by atoms with Crippen LogP contribution < -0.4 is 0 Å². The van der Waals surface area contributed by atoms with Crippen LogP contribution in [0.1, 0.15) is 47.0 Å². The van der Waals surface area contributed by atoms with Crippen molar-refractivity contribution in [1.82, 2.24) is 0 Å². The first kappa shape index (κ1) is 12.1. The summed E-state index contributed by atoms with van der Waals surface area (Å²) in [5, 5.41) is 0.278. The number of rotatable bonds is 3. The van der Waals surface area contributed by atoms with E-state index in [1.165, 1.54) is 12.8 Å². The Kier molecular flexibility index (Phi) is 4.50. The molecule has 0 nitrogen and oxygen atoms in total. The van der Waals surface area contributed by atoms with Gasteiger partial charge in [-0.15, -0.1) is 11.6 Å².